The van der Waals surface area contributed by atoms with E-state index in [1.165, 1.54) is 18.3 Å². The predicted molar refractivity (Wildman–Crippen MR) is 451 cm³/mol. The number of benzene rings is 1. The summed E-state index contributed by atoms with van der Waals surface area (Å²) in [6.45, 7) is 19.7. The standard InChI is InChI=1S/C89H136N8O24/c1-58-20-13-11-14-21-59(2)74(107-8)55-68-28-25-64(7)89(106,121-68)83(103)86(104)96-32-18-16-23-70(96)87(105)119-75(56-71(99)60(3)51-63(6)81(102)82(109-10)80(101)62(5)50-58)61(4)52-65-26-29-73(76(53-65)108-9)118-77(100)24-19-34-110-36-38-112-40-42-114-44-46-116-48-49-117-47-45-115-43-41-113-39-37-111-35-31-67(98)22-15-12-17-33-97-85-78(84(90)92-57-93-85)79(95-97)66-27-30-72-69(54-66)94-88(91)120-72/h11,13-14,20-21,27,30,51,54,57-58,60-62,64-65,68,70-71,73-76,81-82,99,102,106H,12,15-19,22-26,28-29,31-50,52-53,55-56H2,1-10H3,(H2,91,94)(H2,90,92,93)/b14-11+,20-13+,59-21+,63-51+/t58-,60-,61-,62-,64-,65+,68+,70+,71-,73-,74+,75+,76-,81-,82+,89-/m1/s1. The number of methoxy groups -OCH3 is 3. The summed E-state index contributed by atoms with van der Waals surface area (Å²) in [5.41, 5.74) is 16.6. The number of hydrogen-bond acceptors (Lipinski definition) is 30. The Morgan fingerprint density at radius 1 is 0.678 bits per heavy atom. The first kappa shape index (κ1) is 99.0. The van der Waals surface area contributed by atoms with E-state index in [4.69, 9.17) is 87.3 Å². The van der Waals surface area contributed by atoms with Crippen molar-refractivity contribution < 1.29 is 115 Å². The molecule has 2 saturated heterocycles. The van der Waals surface area contributed by atoms with Crippen molar-refractivity contribution in [2.24, 2.45) is 35.5 Å². The molecule has 32 heteroatoms. The maximum atomic E-state index is 14.8. The smallest absolute Gasteiger partial charge is 0.329 e. The van der Waals surface area contributed by atoms with Crippen LogP contribution in [0.25, 0.3) is 33.4 Å². The molecule has 4 aliphatic rings. The third-order valence-corrected chi connectivity index (χ3v) is 23.3. The number of ether oxygens (including phenoxy) is 14. The Labute approximate surface area is 712 Å². The topological polar surface area (TPSA) is 417 Å². The van der Waals surface area contributed by atoms with Gasteiger partial charge < -0.3 is 102 Å². The Bertz CT molecular complexity index is 3960. The molecule has 1 aliphatic carbocycles. The number of aryl methyl sites for hydroxylation is 1. The van der Waals surface area contributed by atoms with Gasteiger partial charge in [-0.15, -0.1) is 0 Å². The summed E-state index contributed by atoms with van der Waals surface area (Å²) in [6.07, 6.45) is 15.1. The fraction of sp³-hybridized carbons (Fsp3) is 0.708. The van der Waals surface area contributed by atoms with E-state index in [1.54, 1.807) is 47.1 Å². The van der Waals surface area contributed by atoms with Crippen LogP contribution in [0.1, 0.15) is 170 Å². The van der Waals surface area contributed by atoms with Crippen molar-refractivity contribution in [3.05, 3.63) is 72.1 Å². The molecular formula is C89H136N8O24. The van der Waals surface area contributed by atoms with Crippen LogP contribution in [-0.2, 0) is 102 Å². The molecule has 8 rings (SSSR count). The summed E-state index contributed by atoms with van der Waals surface area (Å²) in [7, 11) is 4.54. The van der Waals surface area contributed by atoms with E-state index in [9.17, 15) is 44.1 Å². The number of ketones is 3. The van der Waals surface area contributed by atoms with Crippen LogP contribution in [0.2, 0.25) is 0 Å². The van der Waals surface area contributed by atoms with E-state index in [2.05, 4.69) is 15.0 Å². The number of aromatic nitrogens is 5. The largest absolute Gasteiger partial charge is 0.460 e. The summed E-state index contributed by atoms with van der Waals surface area (Å²) in [5.74, 6) is -7.72. The van der Waals surface area contributed by atoms with Crippen LogP contribution >= 0.6 is 0 Å². The molecule has 3 aliphatic heterocycles. The van der Waals surface area contributed by atoms with Crippen LogP contribution in [0.3, 0.4) is 0 Å². The molecule has 2 bridgehead atoms. The van der Waals surface area contributed by atoms with Gasteiger partial charge in [-0.3, -0.25) is 24.0 Å². The quantitative estimate of drug-likeness (QED) is 0.0119. The second-order valence-corrected chi connectivity index (χ2v) is 32.6. The van der Waals surface area contributed by atoms with Gasteiger partial charge in [-0.25, -0.2) is 19.4 Å². The van der Waals surface area contributed by atoms with Gasteiger partial charge in [-0.1, -0.05) is 77.5 Å². The molecule has 3 fully saturated rings. The van der Waals surface area contributed by atoms with Crippen molar-refractivity contribution in [2.75, 3.05) is 145 Å². The second kappa shape index (κ2) is 52.4. The minimum atomic E-state index is -2.47. The van der Waals surface area contributed by atoms with Gasteiger partial charge in [0.15, 0.2) is 17.0 Å². The number of aliphatic hydroxyl groups is 3. The maximum absolute atomic E-state index is 14.8. The molecule has 1 aromatic carbocycles. The van der Waals surface area contributed by atoms with E-state index >= 15 is 0 Å². The molecule has 676 valence electrons. The Morgan fingerprint density at radius 2 is 1.34 bits per heavy atom. The average Bonchev–Trinajstić information content (AvgIpc) is 1.75. The minimum Gasteiger partial charge on any atom is -0.460 e. The Morgan fingerprint density at radius 3 is 1.99 bits per heavy atom. The van der Waals surface area contributed by atoms with Gasteiger partial charge in [0, 0.05) is 96.4 Å². The van der Waals surface area contributed by atoms with Gasteiger partial charge in [0.1, 0.15) is 59.6 Å². The summed E-state index contributed by atoms with van der Waals surface area (Å²) in [6, 6.07) is 4.42. The van der Waals surface area contributed by atoms with Crippen molar-refractivity contribution in [3.63, 3.8) is 0 Å². The van der Waals surface area contributed by atoms with Gasteiger partial charge in [0.25, 0.3) is 17.7 Å². The van der Waals surface area contributed by atoms with Crippen molar-refractivity contribution in [1.82, 2.24) is 29.6 Å². The van der Waals surface area contributed by atoms with Gasteiger partial charge in [-0.2, -0.15) is 10.1 Å². The van der Waals surface area contributed by atoms with E-state index in [1.807, 2.05) is 74.9 Å². The highest BCUT2D eigenvalue weighted by Crippen LogP contribution is 2.40. The van der Waals surface area contributed by atoms with E-state index < -0.39 is 96.1 Å². The van der Waals surface area contributed by atoms with Gasteiger partial charge in [-0.05, 0) is 144 Å². The SMILES string of the molecule is CO[C@H]1C[C@@H]2CC[C@@H](C)[C@@](O)(O2)C(=O)C(=O)N2CCCC[C@H]2C(=O)O[C@H]([C@H](C)C[C@@H]2CC[C@@H](OC(=O)CCCOCCOCCOCCOCCOCCOCCOCCOCCC(=O)CCCCCn3nc(-c4ccc5oc(N)nc5c4)c4c(N)ncnc43)[C@H](OC)C2)C[C@@H](O)[C@H](C)/C=C(\C)[C@@H](O)[C@@H](OC)C(=O)[C@H](C)C[C@H](C)/C=C/C=C/C=C/1C. The van der Waals surface area contributed by atoms with E-state index in [0.717, 1.165) is 30.4 Å². The molecule has 0 unspecified atom stereocenters. The molecule has 0 spiro atoms. The molecule has 32 nitrogen and oxygen atoms in total. The molecular weight excluding hydrogens is 1570 g/mol. The summed E-state index contributed by atoms with van der Waals surface area (Å²) in [5, 5.41) is 41.4. The highest BCUT2D eigenvalue weighted by molar-refractivity contribution is 6.39. The lowest BCUT2D eigenvalue weighted by Crippen LogP contribution is -2.61. The molecule has 16 atom stereocenters. The summed E-state index contributed by atoms with van der Waals surface area (Å²) < 4.78 is 88.4. The third-order valence-electron chi connectivity index (χ3n) is 23.3. The Hall–Kier alpha value is -7.38. The van der Waals surface area contributed by atoms with Crippen LogP contribution in [0, 0.1) is 35.5 Å². The van der Waals surface area contributed by atoms with E-state index in [-0.39, 0.29) is 67.1 Å². The average molecular weight is 1700 g/mol. The highest BCUT2D eigenvalue weighted by atomic mass is 16.6. The highest BCUT2D eigenvalue weighted by Gasteiger charge is 2.53. The number of aliphatic hydroxyl groups excluding tert-OH is 2. The zero-order valence-corrected chi connectivity index (χ0v) is 72.8. The molecule has 1 saturated carbocycles. The zero-order valence-electron chi connectivity index (χ0n) is 72.8. The molecule has 1 amide bonds. The van der Waals surface area contributed by atoms with Crippen molar-refractivity contribution >= 4 is 69.2 Å². The number of esters is 2. The monoisotopic (exact) mass is 1700 g/mol. The number of rotatable bonds is 42. The Balaban J connectivity index is 0.653. The van der Waals surface area contributed by atoms with Gasteiger partial charge >= 0.3 is 11.9 Å². The first-order chi connectivity index (χ1) is 58.3. The number of piperidine rings is 1. The number of nitrogen functional groups attached to an aromatic ring is 2. The second-order valence-electron chi connectivity index (χ2n) is 32.6. The van der Waals surface area contributed by atoms with Crippen molar-refractivity contribution in [3.8, 4) is 11.3 Å². The molecule has 6 heterocycles. The normalized spacial score (nSPS) is 27.8. The number of unbranched alkanes of at least 4 members (excludes halogenated alkanes) is 2. The van der Waals surface area contributed by atoms with Crippen LogP contribution < -0.4 is 11.5 Å². The first-order valence-electron chi connectivity index (χ1n) is 43.4. The van der Waals surface area contributed by atoms with Crippen molar-refractivity contribution in [1.29, 1.82) is 0 Å². The fourth-order valence-corrected chi connectivity index (χ4v) is 16.1. The van der Waals surface area contributed by atoms with Crippen LogP contribution in [0.5, 0.6) is 0 Å². The molecule has 3 aromatic heterocycles. The number of anilines is 2. The number of cyclic esters (lactones) is 1. The molecule has 121 heavy (non-hydrogen) atoms. The predicted octanol–water partition coefficient (Wildman–Crippen LogP) is 9.77. The number of hydrogen-bond donors (Lipinski definition) is 5. The fourth-order valence-electron chi connectivity index (χ4n) is 16.1. The van der Waals surface area contributed by atoms with Gasteiger partial charge in [0.2, 0.25) is 5.79 Å². The lowest BCUT2D eigenvalue weighted by molar-refractivity contribution is -0.265. The lowest BCUT2D eigenvalue weighted by Gasteiger charge is -2.43. The maximum Gasteiger partial charge on any atom is 0.329 e. The third kappa shape index (κ3) is 31.4. The van der Waals surface area contributed by atoms with Crippen LogP contribution in [0.4, 0.5) is 11.8 Å². The lowest BCUT2D eigenvalue weighted by atomic mass is 9.78. The number of oxazole rings is 1. The number of Topliss-reactive ketones (excluding diaryl/α,β-unsaturated/α-hetero) is 3. The van der Waals surface area contributed by atoms with Crippen LogP contribution in [0.15, 0.2) is 76.5 Å². The van der Waals surface area contributed by atoms with Crippen molar-refractivity contribution in [2.45, 2.75) is 238 Å². The summed E-state index contributed by atoms with van der Waals surface area (Å²) >= 11 is 0. The van der Waals surface area contributed by atoms with Gasteiger partial charge in [0.05, 0.1) is 129 Å². The number of carbonyl (C=O) groups is 6. The number of nitrogens with two attached hydrogens (primary N) is 2. The summed E-state index contributed by atoms with van der Waals surface area (Å²) in [4.78, 5) is 97.5. The minimum absolute atomic E-state index is 0.00449. The number of amides is 1. The number of fused-ring (bicyclic) bond motifs is 5. The molecule has 4 aromatic rings. The van der Waals surface area contributed by atoms with E-state index in [0.29, 0.717) is 235 Å². The number of nitrogens with zero attached hydrogens (tertiary/aromatic N) is 6. The number of carbonyl (C=O) groups excluding carboxylic acids is 6. The number of allylic oxidation sites excluding steroid dienone is 5. The molecule has 0 radical (unpaired) electrons. The first-order valence-corrected chi connectivity index (χ1v) is 43.4. The van der Waals surface area contributed by atoms with Crippen LogP contribution in [-0.4, -0.2) is 274 Å². The Kier molecular flexibility index (Phi) is 42.9. The molecule has 7 N–H and O–H groups in total. The zero-order chi connectivity index (χ0) is 87.2.